The Morgan fingerprint density at radius 3 is 2.71 bits per heavy atom. The smallest absolute Gasteiger partial charge is 0.276 e. The summed E-state index contributed by atoms with van der Waals surface area (Å²) >= 11 is 0. The number of imidazole rings is 1. The van der Waals surface area contributed by atoms with Crippen molar-refractivity contribution in [3.05, 3.63) is 42.2 Å². The van der Waals surface area contributed by atoms with Gasteiger partial charge in [0.05, 0.1) is 23.3 Å². The van der Waals surface area contributed by atoms with Gasteiger partial charge in [-0.15, -0.1) is 0 Å². The molecule has 8 heteroatoms. The van der Waals surface area contributed by atoms with Crippen LogP contribution in [0, 0.1) is 12.8 Å². The van der Waals surface area contributed by atoms with Gasteiger partial charge in [0.2, 0.25) is 0 Å². The van der Waals surface area contributed by atoms with Crippen molar-refractivity contribution in [1.29, 1.82) is 0 Å². The van der Waals surface area contributed by atoms with E-state index in [1.165, 1.54) is 6.20 Å². The number of sulfonamides is 1. The molecule has 0 fully saturated rings. The summed E-state index contributed by atoms with van der Waals surface area (Å²) in [5, 5.41) is -0.190. The summed E-state index contributed by atoms with van der Waals surface area (Å²) in [5.74, 6) is 0.939. The monoisotopic (exact) mass is 348 g/mol. The fourth-order valence-corrected chi connectivity index (χ4v) is 3.70. The highest BCUT2D eigenvalue weighted by Crippen LogP contribution is 2.26. The molecule has 1 aromatic carbocycles. The summed E-state index contributed by atoms with van der Waals surface area (Å²) in [6.45, 7) is 5.59. The van der Waals surface area contributed by atoms with Gasteiger partial charge in [-0.3, -0.25) is 0 Å². The maximum absolute atomic E-state index is 12.6. The Kier molecular flexibility index (Phi) is 4.42. The molecular weight excluding hydrogens is 328 g/mol. The highest BCUT2D eigenvalue weighted by Gasteiger charge is 2.29. The molecule has 0 bridgehead atoms. The molecule has 0 saturated heterocycles. The number of benzene rings is 1. The number of fused-ring (bicyclic) bond motifs is 1. The minimum absolute atomic E-state index is 0.0457. The molecule has 7 nitrogen and oxygen atoms in total. The first-order valence-electron chi connectivity index (χ1n) is 7.80. The van der Waals surface area contributed by atoms with Crippen LogP contribution in [-0.2, 0) is 10.0 Å². The van der Waals surface area contributed by atoms with E-state index in [0.29, 0.717) is 11.7 Å². The van der Waals surface area contributed by atoms with E-state index in [-0.39, 0.29) is 11.0 Å². The van der Waals surface area contributed by atoms with Gasteiger partial charge in [-0.1, -0.05) is 32.4 Å². The van der Waals surface area contributed by atoms with Crippen LogP contribution >= 0.6 is 0 Å². The number of aromatic amines is 1. The number of para-hydroxylation sites is 2. The van der Waals surface area contributed by atoms with E-state index in [1.54, 1.807) is 6.92 Å². The molecule has 3 aromatic rings. The predicted molar refractivity (Wildman–Crippen MR) is 89.9 cm³/mol. The molecular formula is C16H20N4O3S. The average molecular weight is 348 g/mol. The van der Waals surface area contributed by atoms with Crippen molar-refractivity contribution in [2.75, 3.05) is 0 Å². The van der Waals surface area contributed by atoms with Gasteiger partial charge < -0.3 is 9.40 Å². The molecule has 0 aliphatic rings. The summed E-state index contributed by atoms with van der Waals surface area (Å²) in [6, 6.07) is 7.11. The molecule has 0 radical (unpaired) electrons. The van der Waals surface area contributed by atoms with Crippen molar-refractivity contribution in [3.8, 4) is 0 Å². The zero-order valence-corrected chi connectivity index (χ0v) is 14.6. The van der Waals surface area contributed by atoms with Crippen LogP contribution in [0.3, 0.4) is 0 Å². The molecule has 0 aliphatic carbocycles. The lowest BCUT2D eigenvalue weighted by atomic mass is 10.00. The van der Waals surface area contributed by atoms with Crippen LogP contribution in [0.5, 0.6) is 0 Å². The Labute approximate surface area is 140 Å². The second kappa shape index (κ2) is 6.37. The molecule has 2 N–H and O–H groups in total. The average Bonchev–Trinajstić information content (AvgIpc) is 3.18. The lowest BCUT2D eigenvalue weighted by molar-refractivity contribution is 0.388. The first kappa shape index (κ1) is 16.7. The first-order valence-corrected chi connectivity index (χ1v) is 9.28. The van der Waals surface area contributed by atoms with Gasteiger partial charge in [0.25, 0.3) is 15.1 Å². The fraction of sp³-hybridized carbons (Fsp3) is 0.375. The third-order valence-electron chi connectivity index (χ3n) is 4.06. The van der Waals surface area contributed by atoms with Crippen LogP contribution in [0.4, 0.5) is 0 Å². The highest BCUT2D eigenvalue weighted by atomic mass is 32.2. The van der Waals surface area contributed by atoms with E-state index >= 15 is 0 Å². The lowest BCUT2D eigenvalue weighted by Gasteiger charge is -2.21. The zero-order chi connectivity index (χ0) is 17.3. The fourth-order valence-electron chi connectivity index (χ4n) is 2.49. The Balaban J connectivity index is 1.97. The van der Waals surface area contributed by atoms with Gasteiger partial charge >= 0.3 is 0 Å². The Morgan fingerprint density at radius 2 is 2.08 bits per heavy atom. The first-order chi connectivity index (χ1) is 11.4. The molecule has 2 atom stereocenters. The number of aryl methyl sites for hydroxylation is 1. The molecule has 0 amide bonds. The topological polar surface area (TPSA) is 101 Å². The number of hydrogen-bond acceptors (Lipinski definition) is 5. The summed E-state index contributed by atoms with van der Waals surface area (Å²) in [4.78, 5) is 11.6. The molecule has 2 aromatic heterocycles. The maximum atomic E-state index is 12.6. The number of aromatic nitrogens is 3. The number of nitrogens with one attached hydrogen (secondary N) is 2. The number of rotatable bonds is 6. The van der Waals surface area contributed by atoms with E-state index in [0.717, 1.165) is 17.5 Å². The Hall–Kier alpha value is -2.19. The molecule has 3 rings (SSSR count). The molecule has 0 aliphatic heterocycles. The zero-order valence-electron chi connectivity index (χ0n) is 13.8. The summed E-state index contributed by atoms with van der Waals surface area (Å²) < 4.78 is 33.0. The van der Waals surface area contributed by atoms with Crippen LogP contribution < -0.4 is 4.72 Å². The molecule has 2 heterocycles. The van der Waals surface area contributed by atoms with Crippen LogP contribution in [0.1, 0.15) is 38.0 Å². The van der Waals surface area contributed by atoms with Crippen molar-refractivity contribution in [2.45, 2.75) is 38.3 Å². The van der Waals surface area contributed by atoms with E-state index < -0.39 is 16.1 Å². The van der Waals surface area contributed by atoms with Crippen molar-refractivity contribution < 1.29 is 12.8 Å². The van der Waals surface area contributed by atoms with Gasteiger partial charge in [0, 0.05) is 6.92 Å². The number of nitrogens with zero attached hydrogens (tertiary/aromatic N) is 2. The summed E-state index contributed by atoms with van der Waals surface area (Å²) in [6.07, 6.45) is 2.00. The van der Waals surface area contributed by atoms with Crippen LogP contribution in [0.25, 0.3) is 11.0 Å². The van der Waals surface area contributed by atoms with Gasteiger partial charge in [-0.05, 0) is 18.1 Å². The number of H-pyrrole nitrogens is 1. The largest absolute Gasteiger partial charge is 0.428 e. The molecule has 128 valence electrons. The SMILES string of the molecule is CC[C@H](C)[C@H](NS(=O)(=O)c1cnc(C)o1)c1nc2ccccc2[nH]1. The van der Waals surface area contributed by atoms with Crippen molar-refractivity contribution in [2.24, 2.45) is 5.92 Å². The normalized spacial score (nSPS) is 14.8. The molecule has 24 heavy (non-hydrogen) atoms. The van der Waals surface area contributed by atoms with Crippen LogP contribution in [-0.4, -0.2) is 23.4 Å². The van der Waals surface area contributed by atoms with Gasteiger partial charge in [-0.2, -0.15) is 4.72 Å². The van der Waals surface area contributed by atoms with Crippen LogP contribution in [0.2, 0.25) is 0 Å². The minimum atomic E-state index is -3.82. The van der Waals surface area contributed by atoms with Crippen LogP contribution in [0.15, 0.2) is 40.0 Å². The molecule has 0 spiro atoms. The van der Waals surface area contributed by atoms with Crippen molar-refractivity contribution in [3.63, 3.8) is 0 Å². The number of hydrogen-bond donors (Lipinski definition) is 2. The third kappa shape index (κ3) is 3.20. The summed E-state index contributed by atoms with van der Waals surface area (Å²) in [5.41, 5.74) is 1.67. The molecule has 0 saturated carbocycles. The highest BCUT2D eigenvalue weighted by molar-refractivity contribution is 7.89. The van der Waals surface area contributed by atoms with E-state index in [9.17, 15) is 8.42 Å². The summed E-state index contributed by atoms with van der Waals surface area (Å²) in [7, 11) is -3.82. The Morgan fingerprint density at radius 1 is 1.33 bits per heavy atom. The van der Waals surface area contributed by atoms with Crippen molar-refractivity contribution in [1.82, 2.24) is 19.7 Å². The second-order valence-electron chi connectivity index (χ2n) is 5.82. The maximum Gasteiger partial charge on any atom is 0.276 e. The Bertz CT molecular complexity index is 912. The van der Waals surface area contributed by atoms with E-state index in [2.05, 4.69) is 19.7 Å². The minimum Gasteiger partial charge on any atom is -0.428 e. The standard InChI is InChI=1S/C16H20N4O3S/c1-4-10(2)15(16-18-12-7-5-6-8-13(12)19-16)20-24(21,22)14-9-17-11(3)23-14/h5-10,15,20H,4H2,1-3H3,(H,18,19)/t10-,15-/m0/s1. The van der Waals surface area contributed by atoms with E-state index in [4.69, 9.17) is 4.42 Å². The molecule has 0 unspecified atom stereocenters. The number of oxazole rings is 1. The second-order valence-corrected chi connectivity index (χ2v) is 7.47. The quantitative estimate of drug-likeness (QED) is 0.713. The third-order valence-corrected chi connectivity index (χ3v) is 5.34. The van der Waals surface area contributed by atoms with Crippen molar-refractivity contribution >= 4 is 21.1 Å². The van der Waals surface area contributed by atoms with Gasteiger partial charge in [0.15, 0.2) is 5.89 Å². The van der Waals surface area contributed by atoms with E-state index in [1.807, 2.05) is 38.1 Å². The van der Waals surface area contributed by atoms with Gasteiger partial charge in [-0.25, -0.2) is 18.4 Å². The van der Waals surface area contributed by atoms with Gasteiger partial charge in [0.1, 0.15) is 5.82 Å². The predicted octanol–water partition coefficient (Wildman–Crippen LogP) is 2.93. The lowest BCUT2D eigenvalue weighted by Crippen LogP contribution is -2.33.